The van der Waals surface area contributed by atoms with Gasteiger partial charge in [-0.15, -0.1) is 0 Å². The van der Waals surface area contributed by atoms with Crippen molar-refractivity contribution in [1.29, 1.82) is 0 Å². The van der Waals surface area contributed by atoms with Gasteiger partial charge in [-0.1, -0.05) is 40.0 Å². The van der Waals surface area contributed by atoms with Crippen LogP contribution in [0.2, 0.25) is 0 Å². The molecule has 0 aromatic rings. The maximum Gasteiger partial charge on any atom is 0.560 e. The third-order valence-electron chi connectivity index (χ3n) is 1.03. The number of rotatable bonds is 3. The first-order chi connectivity index (χ1) is 4.68. The molecule has 0 aromatic carbocycles. The van der Waals surface area contributed by atoms with Crippen LogP contribution < -0.4 is 0 Å². The highest BCUT2D eigenvalue weighted by Crippen LogP contribution is 2.04. The molecule has 0 aromatic heterocycles. The number of hydrogen-bond acceptors (Lipinski definition) is 0. The minimum atomic E-state index is 0.0417. The van der Waals surface area contributed by atoms with Crippen LogP contribution in [0.4, 0.5) is 0 Å². The van der Waals surface area contributed by atoms with Crippen LogP contribution in [-0.2, 0) is 0 Å². The predicted molar refractivity (Wildman–Crippen MR) is 57.7 cm³/mol. The first kappa shape index (κ1) is 14.3. The summed E-state index contributed by atoms with van der Waals surface area (Å²) in [6.45, 7) is 8.25. The van der Waals surface area contributed by atoms with Crippen LogP contribution in [0.15, 0.2) is 0 Å². The third kappa shape index (κ3) is 22.6. The molecule has 0 rings (SSSR count). The fourth-order valence-electron chi connectivity index (χ4n) is 0.553. The first-order valence-corrected chi connectivity index (χ1v) is 11.4. The summed E-state index contributed by atoms with van der Waals surface area (Å²) in [4.78, 5) is 0. The van der Waals surface area contributed by atoms with Crippen LogP contribution in [0.5, 0.6) is 0 Å². The van der Waals surface area contributed by atoms with Crippen LogP contribution in [0.25, 0.3) is 0 Å². The van der Waals surface area contributed by atoms with E-state index in [2.05, 4.69) is 46.5 Å². The maximum absolute atomic E-state index is 3.76. The Balaban J connectivity index is 0. The largest absolute Gasteiger partial charge is 0.560 e. The zero-order valence-corrected chi connectivity index (χ0v) is 11.5. The molecular weight excluding hydrogens is 268 g/mol. The van der Waals surface area contributed by atoms with E-state index in [1.54, 1.807) is 0 Å². The van der Waals surface area contributed by atoms with Crippen molar-refractivity contribution in [1.82, 2.24) is 0 Å². The van der Waals surface area contributed by atoms with E-state index >= 15 is 0 Å². The molecule has 0 aliphatic rings. The van der Waals surface area contributed by atoms with E-state index in [1.165, 1.54) is 12.8 Å². The molecule has 0 fully saturated rings. The molecule has 0 atom stereocenters. The summed E-state index contributed by atoms with van der Waals surface area (Å²) in [7, 11) is 0. The molecule has 10 heavy (non-hydrogen) atoms. The summed E-state index contributed by atoms with van der Waals surface area (Å²) in [6, 6.07) is 0. The lowest BCUT2D eigenvalue weighted by molar-refractivity contribution is 0.559. The summed E-state index contributed by atoms with van der Waals surface area (Å²) in [5.74, 6) is 0.863. The van der Waals surface area contributed by atoms with Gasteiger partial charge in [0.1, 0.15) is 0 Å². The van der Waals surface area contributed by atoms with E-state index < -0.39 is 0 Å². The lowest BCUT2D eigenvalue weighted by Crippen LogP contribution is -1.84. The zero-order valence-electron chi connectivity index (χ0n) is 6.87. The van der Waals surface area contributed by atoms with Crippen molar-refractivity contribution in [2.75, 3.05) is 0 Å². The Morgan fingerprint density at radius 3 is 1.90 bits per heavy atom. The van der Waals surface area contributed by atoms with Crippen LogP contribution in [0.3, 0.4) is 0 Å². The number of halogens is 2. The SMILES string of the molecule is [Br][Mg][Br].[CH2]CCCC(C)C. The molecule has 0 bridgehead atoms. The monoisotopic (exact) mass is 281 g/mol. The molecule has 1 radical (unpaired) electrons. The zero-order chi connectivity index (χ0) is 8.41. The van der Waals surface area contributed by atoms with Crippen LogP contribution in [-0.4, -0.2) is 16.0 Å². The second-order valence-electron chi connectivity index (χ2n) is 2.49. The van der Waals surface area contributed by atoms with Gasteiger partial charge < -0.3 is 0 Å². The molecule has 0 nitrogen and oxygen atoms in total. The summed E-state index contributed by atoms with van der Waals surface area (Å²) >= 11 is 6.44. The smallest absolute Gasteiger partial charge is 0.280 e. The topological polar surface area (TPSA) is 0 Å². The number of hydrogen-bond donors (Lipinski definition) is 0. The molecule has 59 valence electrons. The predicted octanol–water partition coefficient (Wildman–Crippen LogP) is 3.96. The normalized spacial score (nSPS) is 8.20. The van der Waals surface area contributed by atoms with Gasteiger partial charge in [-0.25, -0.2) is 0 Å². The minimum absolute atomic E-state index is 0.0417. The van der Waals surface area contributed by atoms with Crippen LogP contribution in [0.1, 0.15) is 33.1 Å². The fraction of sp³-hybridized carbons (Fsp3) is 0.857. The Morgan fingerprint density at radius 1 is 1.40 bits per heavy atom. The molecular formula is C7H15Br2Mg. The van der Waals surface area contributed by atoms with Gasteiger partial charge in [0.2, 0.25) is 0 Å². The van der Waals surface area contributed by atoms with Crippen molar-refractivity contribution in [3.63, 3.8) is 0 Å². The van der Waals surface area contributed by atoms with Crippen molar-refractivity contribution in [3.05, 3.63) is 6.92 Å². The standard InChI is InChI=1S/C7H15.2BrH.Mg/c1-4-5-6-7(2)3;;;/h7H,1,4-6H2,2-3H3;2*1H;/q;;;+2/p-2. The van der Waals surface area contributed by atoms with Gasteiger partial charge in [0, 0.05) is 0 Å². The van der Waals surface area contributed by atoms with Gasteiger partial charge >= 0.3 is 16.0 Å². The average Bonchev–Trinajstić information content (AvgIpc) is 1.85. The molecule has 0 heterocycles. The third-order valence-corrected chi connectivity index (χ3v) is 1.03. The quantitative estimate of drug-likeness (QED) is 0.688. The molecule has 0 aliphatic carbocycles. The highest BCUT2D eigenvalue weighted by Gasteiger charge is 1.88. The van der Waals surface area contributed by atoms with Crippen LogP contribution >= 0.6 is 25.8 Å². The highest BCUT2D eigenvalue weighted by atomic mass is 79.9. The molecule has 3 heteroatoms. The molecule has 0 aliphatic heterocycles. The summed E-state index contributed by atoms with van der Waals surface area (Å²) in [5, 5.41) is 0. The van der Waals surface area contributed by atoms with Gasteiger partial charge in [-0.05, 0) is 5.92 Å². The highest BCUT2D eigenvalue weighted by molar-refractivity contribution is 9.47. The van der Waals surface area contributed by atoms with Crippen molar-refractivity contribution in [2.45, 2.75) is 33.1 Å². The van der Waals surface area contributed by atoms with Crippen molar-refractivity contribution < 1.29 is 0 Å². The van der Waals surface area contributed by atoms with Crippen molar-refractivity contribution in [3.8, 4) is 0 Å². The Kier molecular flexibility index (Phi) is 19.0. The Hall–Kier alpha value is 1.73. The van der Waals surface area contributed by atoms with Gasteiger partial charge in [0.25, 0.3) is 0 Å². The average molecular weight is 283 g/mol. The van der Waals surface area contributed by atoms with Gasteiger partial charge in [-0.2, -0.15) is 0 Å². The van der Waals surface area contributed by atoms with E-state index in [0.717, 1.165) is 12.3 Å². The number of unbranched alkanes of at least 4 members (excludes halogenated alkanes) is 1. The molecule has 0 N–H and O–H groups in total. The van der Waals surface area contributed by atoms with Gasteiger partial charge in [0.05, 0.1) is 0 Å². The van der Waals surface area contributed by atoms with Crippen molar-refractivity contribution in [2.24, 2.45) is 5.92 Å². The second kappa shape index (κ2) is 13.3. The van der Waals surface area contributed by atoms with Crippen molar-refractivity contribution >= 4 is 41.8 Å². The summed E-state index contributed by atoms with van der Waals surface area (Å²) < 4.78 is 0. The molecule has 0 spiro atoms. The Labute approximate surface area is 87.0 Å². The maximum atomic E-state index is 3.76. The van der Waals surface area contributed by atoms with Gasteiger partial charge in [-0.3, -0.25) is 25.8 Å². The molecule has 0 unspecified atom stereocenters. The molecule has 0 saturated heterocycles. The fourth-order valence-corrected chi connectivity index (χ4v) is 0.553. The van der Waals surface area contributed by atoms with E-state index in [1.807, 2.05) is 0 Å². The van der Waals surface area contributed by atoms with E-state index in [0.29, 0.717) is 0 Å². The molecule has 0 saturated carbocycles. The van der Waals surface area contributed by atoms with E-state index in [-0.39, 0.29) is 16.0 Å². The first-order valence-electron chi connectivity index (χ1n) is 3.60. The lowest BCUT2D eigenvalue weighted by Gasteiger charge is -1.98. The lowest BCUT2D eigenvalue weighted by atomic mass is 10.1. The van der Waals surface area contributed by atoms with E-state index in [9.17, 15) is 0 Å². The summed E-state index contributed by atoms with van der Waals surface area (Å²) in [5.41, 5.74) is 0. The van der Waals surface area contributed by atoms with Gasteiger partial charge in [0.15, 0.2) is 0 Å². The molecule has 0 amide bonds. The summed E-state index contributed by atoms with van der Waals surface area (Å²) in [6.07, 6.45) is 3.72. The Bertz CT molecular complexity index is 48.9. The van der Waals surface area contributed by atoms with E-state index in [4.69, 9.17) is 0 Å². The second-order valence-corrected chi connectivity index (χ2v) is 10.6. The minimum Gasteiger partial charge on any atom is -0.280 e. The Morgan fingerprint density at radius 2 is 1.80 bits per heavy atom. The van der Waals surface area contributed by atoms with Crippen LogP contribution in [0, 0.1) is 12.8 Å².